The van der Waals surface area contributed by atoms with Crippen molar-refractivity contribution in [2.45, 2.75) is 32.1 Å². The molecule has 0 spiro atoms. The lowest BCUT2D eigenvalue weighted by molar-refractivity contribution is -0.117. The predicted octanol–water partition coefficient (Wildman–Crippen LogP) is 5.02. The number of carbonyl (C=O) groups excluding carboxylic acids is 1. The largest absolute Gasteiger partial charge is 0.490 e. The van der Waals surface area contributed by atoms with Gasteiger partial charge in [0.25, 0.3) is 0 Å². The fourth-order valence-electron chi connectivity index (χ4n) is 4.06. The van der Waals surface area contributed by atoms with E-state index in [0.29, 0.717) is 41.7 Å². The molecule has 9 heteroatoms. The van der Waals surface area contributed by atoms with Gasteiger partial charge in [-0.3, -0.25) is 4.79 Å². The Morgan fingerprint density at radius 2 is 1.88 bits per heavy atom. The molecule has 33 heavy (non-hydrogen) atoms. The van der Waals surface area contributed by atoms with Gasteiger partial charge in [0.05, 0.1) is 24.2 Å². The summed E-state index contributed by atoms with van der Waals surface area (Å²) in [6.07, 6.45) is 2.20. The number of aromatic nitrogens is 2. The average Bonchev–Trinajstić information content (AvgIpc) is 3.49. The maximum Gasteiger partial charge on any atom is 0.228 e. The summed E-state index contributed by atoms with van der Waals surface area (Å²) in [5.74, 6) is -3.73. The van der Waals surface area contributed by atoms with Crippen molar-refractivity contribution in [3.8, 4) is 5.75 Å². The highest BCUT2D eigenvalue weighted by Crippen LogP contribution is 2.57. The van der Waals surface area contributed by atoms with Gasteiger partial charge in [-0.15, -0.1) is 0 Å². The summed E-state index contributed by atoms with van der Waals surface area (Å²) < 4.78 is 60.4. The zero-order valence-electron chi connectivity index (χ0n) is 18.0. The second-order valence-corrected chi connectivity index (χ2v) is 8.12. The van der Waals surface area contributed by atoms with Gasteiger partial charge in [-0.2, -0.15) is 0 Å². The summed E-state index contributed by atoms with van der Waals surface area (Å²) in [5, 5.41) is 2.46. The SMILES string of the molecule is Cc1ncc(OCC[C@@]2(c3ccc(F)c(F)c3)C[C@H]2C(=O)Nc2ccc(F)cc2F)c(C)n1. The number of benzene rings is 2. The first-order valence-electron chi connectivity index (χ1n) is 10.3. The van der Waals surface area contributed by atoms with Crippen LogP contribution in [0.25, 0.3) is 0 Å². The Morgan fingerprint density at radius 1 is 1.09 bits per heavy atom. The highest BCUT2D eigenvalue weighted by Gasteiger charge is 2.59. The Bertz CT molecular complexity index is 1220. The van der Waals surface area contributed by atoms with Crippen LogP contribution < -0.4 is 10.1 Å². The molecule has 0 saturated heterocycles. The number of hydrogen-bond acceptors (Lipinski definition) is 4. The fraction of sp³-hybridized carbons (Fsp3) is 0.292. The Labute approximate surface area is 187 Å². The second kappa shape index (κ2) is 8.80. The normalized spacial score (nSPS) is 19.3. The van der Waals surface area contributed by atoms with Crippen molar-refractivity contribution in [2.24, 2.45) is 5.92 Å². The van der Waals surface area contributed by atoms with Gasteiger partial charge in [0.2, 0.25) is 5.91 Å². The summed E-state index contributed by atoms with van der Waals surface area (Å²) >= 11 is 0. The monoisotopic (exact) mass is 459 g/mol. The van der Waals surface area contributed by atoms with Crippen molar-refractivity contribution in [1.82, 2.24) is 9.97 Å². The van der Waals surface area contributed by atoms with Gasteiger partial charge in [0.15, 0.2) is 17.4 Å². The van der Waals surface area contributed by atoms with Crippen LogP contribution >= 0.6 is 0 Å². The van der Waals surface area contributed by atoms with Gasteiger partial charge < -0.3 is 10.1 Å². The molecule has 1 fully saturated rings. The molecule has 0 unspecified atom stereocenters. The molecular formula is C24H21F4N3O2. The van der Waals surface area contributed by atoms with Crippen LogP contribution in [0.2, 0.25) is 0 Å². The van der Waals surface area contributed by atoms with E-state index in [1.165, 1.54) is 6.07 Å². The first-order valence-corrected chi connectivity index (χ1v) is 10.3. The van der Waals surface area contributed by atoms with E-state index in [1.807, 2.05) is 0 Å². The van der Waals surface area contributed by atoms with Gasteiger partial charge in [-0.1, -0.05) is 6.07 Å². The molecule has 0 radical (unpaired) electrons. The van der Waals surface area contributed by atoms with Crippen LogP contribution in [0.4, 0.5) is 23.2 Å². The molecule has 4 rings (SSSR count). The molecular weight excluding hydrogens is 438 g/mol. The number of carbonyl (C=O) groups is 1. The highest BCUT2D eigenvalue weighted by molar-refractivity contribution is 5.96. The third kappa shape index (κ3) is 4.67. The van der Waals surface area contributed by atoms with E-state index < -0.39 is 40.5 Å². The first-order chi connectivity index (χ1) is 15.7. The van der Waals surface area contributed by atoms with E-state index in [-0.39, 0.29) is 12.3 Å². The molecule has 1 heterocycles. The van der Waals surface area contributed by atoms with Crippen molar-refractivity contribution in [1.29, 1.82) is 0 Å². The smallest absolute Gasteiger partial charge is 0.228 e. The molecule has 1 N–H and O–H groups in total. The minimum absolute atomic E-state index is 0.156. The van der Waals surface area contributed by atoms with E-state index in [2.05, 4.69) is 15.3 Å². The van der Waals surface area contributed by atoms with Gasteiger partial charge in [0.1, 0.15) is 17.5 Å². The lowest BCUT2D eigenvalue weighted by Crippen LogP contribution is -2.24. The molecule has 0 bridgehead atoms. The van der Waals surface area contributed by atoms with Crippen LogP contribution in [0.1, 0.15) is 29.9 Å². The van der Waals surface area contributed by atoms with E-state index in [9.17, 15) is 22.4 Å². The van der Waals surface area contributed by atoms with Crippen molar-refractivity contribution >= 4 is 11.6 Å². The molecule has 1 aliphatic carbocycles. The number of ether oxygens (including phenoxy) is 1. The minimum Gasteiger partial charge on any atom is -0.490 e. The molecule has 2 atom stereocenters. The quantitative estimate of drug-likeness (QED) is 0.505. The number of aryl methyl sites for hydroxylation is 2. The van der Waals surface area contributed by atoms with Crippen molar-refractivity contribution in [2.75, 3.05) is 11.9 Å². The Hall–Kier alpha value is -3.49. The summed E-state index contributed by atoms with van der Waals surface area (Å²) in [6, 6.07) is 6.36. The number of nitrogens with zero attached hydrogens (tertiary/aromatic N) is 2. The van der Waals surface area contributed by atoms with Crippen LogP contribution in [0.3, 0.4) is 0 Å². The van der Waals surface area contributed by atoms with Crippen molar-refractivity contribution in [3.05, 3.63) is 82.9 Å². The van der Waals surface area contributed by atoms with E-state index >= 15 is 0 Å². The predicted molar refractivity (Wildman–Crippen MR) is 113 cm³/mol. The van der Waals surface area contributed by atoms with Gasteiger partial charge in [0, 0.05) is 17.4 Å². The van der Waals surface area contributed by atoms with E-state index in [0.717, 1.165) is 24.3 Å². The first kappa shape index (κ1) is 22.7. The summed E-state index contributed by atoms with van der Waals surface area (Å²) in [4.78, 5) is 21.2. The van der Waals surface area contributed by atoms with Crippen molar-refractivity contribution < 1.29 is 27.1 Å². The number of hydrogen-bond donors (Lipinski definition) is 1. The molecule has 5 nitrogen and oxygen atoms in total. The van der Waals surface area contributed by atoms with Gasteiger partial charge >= 0.3 is 0 Å². The molecule has 3 aromatic rings. The summed E-state index contributed by atoms with van der Waals surface area (Å²) in [7, 11) is 0. The Morgan fingerprint density at radius 3 is 2.58 bits per heavy atom. The fourth-order valence-corrected chi connectivity index (χ4v) is 4.06. The second-order valence-electron chi connectivity index (χ2n) is 8.12. The van der Waals surface area contributed by atoms with Gasteiger partial charge in [-0.25, -0.2) is 27.5 Å². The summed E-state index contributed by atoms with van der Waals surface area (Å²) in [6.45, 7) is 3.70. The number of rotatable bonds is 7. The van der Waals surface area contributed by atoms with Crippen molar-refractivity contribution in [3.63, 3.8) is 0 Å². The van der Waals surface area contributed by atoms with Crippen LogP contribution in [-0.4, -0.2) is 22.5 Å². The van der Waals surface area contributed by atoms with Crippen LogP contribution in [0.15, 0.2) is 42.6 Å². The number of nitrogens with one attached hydrogen (secondary N) is 1. The standard InChI is InChI=1S/C24H21F4N3O2/c1-13-22(12-29-14(2)30-13)33-8-7-24(15-3-5-18(26)19(27)9-15)11-17(24)23(32)31-21-6-4-16(25)10-20(21)28/h3-6,9-10,12,17H,7-8,11H2,1-2H3,(H,31,32)/t17-,24-/m0/s1. The topological polar surface area (TPSA) is 64.1 Å². The van der Waals surface area contributed by atoms with Crippen LogP contribution in [-0.2, 0) is 10.2 Å². The minimum atomic E-state index is -1.02. The molecule has 1 saturated carbocycles. The molecule has 172 valence electrons. The molecule has 2 aromatic carbocycles. The summed E-state index contributed by atoms with van der Waals surface area (Å²) in [5.41, 5.74) is 0.119. The zero-order valence-corrected chi connectivity index (χ0v) is 18.0. The molecule has 1 aromatic heterocycles. The molecule has 1 amide bonds. The maximum absolute atomic E-state index is 14.0. The third-order valence-corrected chi connectivity index (χ3v) is 5.94. The van der Waals surface area contributed by atoms with Crippen LogP contribution in [0.5, 0.6) is 5.75 Å². The number of anilines is 1. The van der Waals surface area contributed by atoms with Gasteiger partial charge in [-0.05, 0) is 56.5 Å². The number of halogens is 4. The molecule has 1 aliphatic rings. The Kier molecular flexibility index (Phi) is 6.05. The molecule has 0 aliphatic heterocycles. The highest BCUT2D eigenvalue weighted by atomic mass is 19.2. The van der Waals surface area contributed by atoms with Crippen LogP contribution in [0, 0.1) is 43.0 Å². The lowest BCUT2D eigenvalue weighted by atomic mass is 9.89. The third-order valence-electron chi connectivity index (χ3n) is 5.94. The zero-order chi connectivity index (χ0) is 23.8. The Balaban J connectivity index is 1.54. The van der Waals surface area contributed by atoms with E-state index in [4.69, 9.17) is 4.74 Å². The maximum atomic E-state index is 14.0. The van der Waals surface area contributed by atoms with E-state index in [1.54, 1.807) is 20.0 Å². The number of amides is 1. The lowest BCUT2D eigenvalue weighted by Gasteiger charge is -2.19. The average molecular weight is 459 g/mol.